The summed E-state index contributed by atoms with van der Waals surface area (Å²) >= 11 is 3.15. The Labute approximate surface area is 301 Å². The lowest BCUT2D eigenvalue weighted by Crippen LogP contribution is -2.11. The van der Waals surface area contributed by atoms with Gasteiger partial charge in [-0.15, -0.1) is 22.7 Å². The van der Waals surface area contributed by atoms with Crippen LogP contribution in [-0.4, -0.2) is 0 Å². The van der Waals surface area contributed by atoms with E-state index in [9.17, 15) is 26.3 Å². The highest BCUT2D eigenvalue weighted by molar-refractivity contribution is 7.21. The number of thiophene rings is 2. The topological polar surface area (TPSA) is 0 Å². The van der Waals surface area contributed by atoms with Crippen molar-refractivity contribution in [3.05, 3.63) is 163 Å². The molecule has 0 atom stereocenters. The summed E-state index contributed by atoms with van der Waals surface area (Å²) < 4.78 is 86.9. The van der Waals surface area contributed by atoms with E-state index in [0.717, 1.165) is 84.5 Å². The highest BCUT2D eigenvalue weighted by atomic mass is 32.1. The second-order valence-electron chi connectivity index (χ2n) is 13.7. The van der Waals surface area contributed by atoms with Gasteiger partial charge in [-0.25, -0.2) is 0 Å². The van der Waals surface area contributed by atoms with Crippen molar-refractivity contribution in [2.75, 3.05) is 0 Å². The van der Waals surface area contributed by atoms with Gasteiger partial charge in [0.25, 0.3) is 0 Å². The molecule has 2 heterocycles. The van der Waals surface area contributed by atoms with Crippen molar-refractivity contribution in [2.45, 2.75) is 26.2 Å². The van der Waals surface area contributed by atoms with Gasteiger partial charge in [-0.3, -0.25) is 0 Å². The molecule has 2 aromatic heterocycles. The van der Waals surface area contributed by atoms with E-state index in [4.69, 9.17) is 0 Å². The Kier molecular flexibility index (Phi) is 6.48. The van der Waals surface area contributed by atoms with Crippen LogP contribution in [0.5, 0.6) is 0 Å². The van der Waals surface area contributed by atoms with E-state index < -0.39 is 23.5 Å². The maximum atomic E-state index is 14.1. The van der Waals surface area contributed by atoms with Gasteiger partial charge in [0.15, 0.2) is 0 Å². The number of hydrogen-bond donors (Lipinski definition) is 0. The number of halogens is 6. The van der Waals surface area contributed by atoms with Crippen molar-refractivity contribution in [2.24, 2.45) is 0 Å². The first kappa shape index (κ1) is 31.5. The minimum Gasteiger partial charge on any atom is -0.166 e. The summed E-state index contributed by atoms with van der Waals surface area (Å²) in [7, 11) is 0. The Bertz CT molecular complexity index is 2800. The zero-order chi connectivity index (χ0) is 35.8. The summed E-state index contributed by atoms with van der Waals surface area (Å²) in [5, 5.41) is 5.60. The van der Waals surface area contributed by atoms with Crippen LogP contribution in [0.2, 0.25) is 0 Å². The second-order valence-corrected chi connectivity index (χ2v) is 15.8. The SMILES string of the molecule is Cc1cc(C2=c3cc4cc5c(cc4cc3-c3c2sc2ccccc32)=C(c2cc(C)cc(C(F)(F)F)c2)c2sc3ccccc3c2-5)cc(C(F)(F)F)c1. The first-order valence-electron chi connectivity index (χ1n) is 16.6. The minimum absolute atomic E-state index is 0.515. The average molecular weight is 731 g/mol. The molecule has 0 saturated heterocycles. The molecule has 254 valence electrons. The van der Waals surface area contributed by atoms with E-state index in [1.165, 1.54) is 24.3 Å². The lowest BCUT2D eigenvalue weighted by Gasteiger charge is -2.12. The summed E-state index contributed by atoms with van der Waals surface area (Å²) in [5.41, 5.74) is 6.10. The molecule has 0 spiro atoms. The molecule has 0 saturated carbocycles. The van der Waals surface area contributed by atoms with Crippen molar-refractivity contribution >= 4 is 64.8 Å². The number of aryl methyl sites for hydroxylation is 2. The lowest BCUT2D eigenvalue weighted by molar-refractivity contribution is -0.138. The number of benzene rings is 6. The second kappa shape index (κ2) is 10.7. The largest absolute Gasteiger partial charge is 0.416 e. The van der Waals surface area contributed by atoms with Gasteiger partial charge in [0.05, 0.1) is 11.1 Å². The fourth-order valence-electron chi connectivity index (χ4n) is 8.15. The normalized spacial score (nSPS) is 13.7. The van der Waals surface area contributed by atoms with Crippen LogP contribution in [0.3, 0.4) is 0 Å². The fraction of sp³-hybridized carbons (Fsp3) is 0.0909. The third-order valence-corrected chi connectivity index (χ3v) is 12.6. The van der Waals surface area contributed by atoms with E-state index >= 15 is 0 Å². The first-order valence-corrected chi connectivity index (χ1v) is 18.3. The molecule has 0 unspecified atom stereocenters. The summed E-state index contributed by atoms with van der Waals surface area (Å²) in [5.74, 6) is 0. The van der Waals surface area contributed by atoms with Gasteiger partial charge in [0.1, 0.15) is 0 Å². The Morgan fingerprint density at radius 3 is 1.27 bits per heavy atom. The molecule has 8 heteroatoms. The first-order chi connectivity index (χ1) is 24.8. The maximum absolute atomic E-state index is 14.1. The zero-order valence-corrected chi connectivity index (χ0v) is 29.1. The third-order valence-electron chi connectivity index (χ3n) is 10.2. The van der Waals surface area contributed by atoms with Crippen LogP contribution in [0.25, 0.3) is 64.3 Å². The molecule has 0 amide bonds. The summed E-state index contributed by atoms with van der Waals surface area (Å²) in [6, 6.07) is 32.9. The van der Waals surface area contributed by atoms with Gasteiger partial charge in [-0.1, -0.05) is 48.5 Å². The quantitative estimate of drug-likeness (QED) is 0.155. The van der Waals surface area contributed by atoms with Gasteiger partial charge >= 0.3 is 12.4 Å². The van der Waals surface area contributed by atoms with E-state index in [-0.39, 0.29) is 0 Å². The Morgan fingerprint density at radius 2 is 0.865 bits per heavy atom. The molecular weight excluding hydrogens is 707 g/mol. The molecule has 0 N–H and O–H groups in total. The van der Waals surface area contributed by atoms with Crippen LogP contribution in [0.1, 0.15) is 43.1 Å². The molecule has 0 aliphatic heterocycles. The Morgan fingerprint density at radius 1 is 0.462 bits per heavy atom. The van der Waals surface area contributed by atoms with Crippen LogP contribution < -0.4 is 10.4 Å². The monoisotopic (exact) mass is 730 g/mol. The molecule has 10 rings (SSSR count). The molecular formula is C44H24F6S2. The molecule has 52 heavy (non-hydrogen) atoms. The van der Waals surface area contributed by atoms with Gasteiger partial charge < -0.3 is 0 Å². The zero-order valence-electron chi connectivity index (χ0n) is 27.5. The molecule has 2 aliphatic carbocycles. The summed E-state index contributed by atoms with van der Waals surface area (Å²) in [6.45, 7) is 3.38. The van der Waals surface area contributed by atoms with Crippen LogP contribution >= 0.6 is 22.7 Å². The standard InChI is InChI=1S/C44H24F6S2/c1-21-11-25(15-27(13-21)43(45,46)47)37-31-17-23-20-34-32(18-24(23)19-33(31)39-29-7-3-5-9-35(29)51-41(37)39)38(26-12-22(2)14-28(16-26)44(48,49)50)42-40(34)30-8-4-6-10-36(30)52-42/h3-20H,1-2H3. The van der Waals surface area contributed by atoms with Gasteiger partial charge in [0.2, 0.25) is 0 Å². The number of alkyl halides is 6. The number of hydrogen-bond acceptors (Lipinski definition) is 2. The minimum atomic E-state index is -4.50. The van der Waals surface area contributed by atoms with Crippen molar-refractivity contribution in [1.29, 1.82) is 0 Å². The van der Waals surface area contributed by atoms with Crippen molar-refractivity contribution in [3.63, 3.8) is 0 Å². The number of rotatable bonds is 2. The van der Waals surface area contributed by atoms with E-state index in [0.29, 0.717) is 22.3 Å². The molecule has 0 radical (unpaired) electrons. The smallest absolute Gasteiger partial charge is 0.166 e. The van der Waals surface area contributed by atoms with Crippen LogP contribution in [0.15, 0.2) is 109 Å². The van der Waals surface area contributed by atoms with E-state index in [2.05, 4.69) is 24.3 Å². The van der Waals surface area contributed by atoms with Crippen molar-refractivity contribution in [1.82, 2.24) is 0 Å². The predicted molar refractivity (Wildman–Crippen MR) is 200 cm³/mol. The predicted octanol–water partition coefficient (Wildman–Crippen LogP) is 12.4. The van der Waals surface area contributed by atoms with E-state index in [1.54, 1.807) is 36.5 Å². The molecule has 8 aromatic rings. The molecule has 0 fully saturated rings. The maximum Gasteiger partial charge on any atom is 0.416 e. The van der Waals surface area contributed by atoms with Gasteiger partial charge in [0, 0.05) is 52.2 Å². The van der Waals surface area contributed by atoms with Crippen LogP contribution in [0.4, 0.5) is 26.3 Å². The van der Waals surface area contributed by atoms with Crippen LogP contribution in [0, 0.1) is 13.8 Å². The average Bonchev–Trinajstić information content (AvgIpc) is 3.81. The van der Waals surface area contributed by atoms with Gasteiger partial charge in [-0.2, -0.15) is 26.3 Å². The molecule has 2 aliphatic rings. The third kappa shape index (κ3) is 4.60. The highest BCUT2D eigenvalue weighted by Crippen LogP contribution is 2.50. The summed E-state index contributed by atoms with van der Waals surface area (Å²) in [6.07, 6.45) is -8.99. The van der Waals surface area contributed by atoms with Crippen LogP contribution in [-0.2, 0) is 12.4 Å². The van der Waals surface area contributed by atoms with E-state index in [1.807, 2.05) is 60.7 Å². The molecule has 0 nitrogen and oxygen atoms in total. The fourth-order valence-corrected chi connectivity index (χ4v) is 10.8. The Balaban J connectivity index is 1.32. The lowest BCUT2D eigenvalue weighted by atomic mass is 9.95. The van der Waals surface area contributed by atoms with Crippen molar-refractivity contribution < 1.29 is 26.3 Å². The van der Waals surface area contributed by atoms with Crippen molar-refractivity contribution in [3.8, 4) is 22.3 Å². The number of fused-ring (bicyclic) bond motifs is 11. The Hall–Kier alpha value is -5.18. The highest BCUT2D eigenvalue weighted by Gasteiger charge is 2.35. The summed E-state index contributed by atoms with van der Waals surface area (Å²) in [4.78, 5) is 1.85. The van der Waals surface area contributed by atoms with Gasteiger partial charge in [-0.05, 0) is 129 Å². The molecule has 0 bridgehead atoms. The molecule has 6 aromatic carbocycles.